The van der Waals surface area contributed by atoms with E-state index in [1.165, 1.54) is 0 Å². The predicted molar refractivity (Wildman–Crippen MR) is 103 cm³/mol. The van der Waals surface area contributed by atoms with Crippen LogP contribution in [-0.2, 0) is 6.54 Å². The van der Waals surface area contributed by atoms with Gasteiger partial charge in [-0.05, 0) is 25.1 Å². The first-order valence-electron chi connectivity index (χ1n) is 8.92. The van der Waals surface area contributed by atoms with Crippen LogP contribution >= 0.6 is 0 Å². The highest BCUT2D eigenvalue weighted by Crippen LogP contribution is 2.31. The summed E-state index contributed by atoms with van der Waals surface area (Å²) in [5.41, 5.74) is 9.40. The van der Waals surface area contributed by atoms with Crippen molar-refractivity contribution in [3.8, 4) is 5.75 Å². The van der Waals surface area contributed by atoms with Gasteiger partial charge in [0.15, 0.2) is 5.96 Å². The highest BCUT2D eigenvalue weighted by atomic mass is 16.5. The fraction of sp³-hybridized carbons (Fsp3) is 0.300. The number of aryl methyl sites for hydroxylation is 1. The minimum absolute atomic E-state index is 0.138. The lowest BCUT2D eigenvalue weighted by atomic mass is 10.0. The van der Waals surface area contributed by atoms with Gasteiger partial charge in [0.25, 0.3) is 0 Å². The van der Waals surface area contributed by atoms with E-state index in [0.717, 1.165) is 41.1 Å². The van der Waals surface area contributed by atoms with Gasteiger partial charge >= 0.3 is 0 Å². The predicted octanol–water partition coefficient (Wildman–Crippen LogP) is 2.77. The lowest BCUT2D eigenvalue weighted by molar-refractivity contribution is 0.262. The molecule has 0 aliphatic carbocycles. The fourth-order valence-electron chi connectivity index (χ4n) is 3.46. The molecular weight excluding hydrogens is 326 g/mol. The van der Waals surface area contributed by atoms with E-state index in [2.05, 4.69) is 32.0 Å². The van der Waals surface area contributed by atoms with Gasteiger partial charge in [0.1, 0.15) is 11.6 Å². The number of hydrogen-bond donors (Lipinski definition) is 2. The average molecular weight is 349 g/mol. The van der Waals surface area contributed by atoms with E-state index in [1.54, 1.807) is 0 Å². The van der Waals surface area contributed by atoms with E-state index >= 15 is 0 Å². The molecule has 0 radical (unpaired) electrons. The zero-order valence-corrected chi connectivity index (χ0v) is 14.9. The number of para-hydroxylation sites is 3. The molecule has 1 atom stereocenters. The van der Waals surface area contributed by atoms with Gasteiger partial charge in [-0.2, -0.15) is 0 Å². The van der Waals surface area contributed by atoms with Gasteiger partial charge in [0.2, 0.25) is 0 Å². The van der Waals surface area contributed by atoms with Gasteiger partial charge in [-0.1, -0.05) is 30.3 Å². The summed E-state index contributed by atoms with van der Waals surface area (Å²) in [5, 5.41) is 3.33. The van der Waals surface area contributed by atoms with Crippen LogP contribution in [0.4, 0.5) is 0 Å². The Morgan fingerprint density at radius 1 is 1.27 bits per heavy atom. The van der Waals surface area contributed by atoms with Crippen LogP contribution in [0.2, 0.25) is 0 Å². The van der Waals surface area contributed by atoms with Crippen molar-refractivity contribution in [3.05, 3.63) is 59.9 Å². The summed E-state index contributed by atoms with van der Waals surface area (Å²) in [6.45, 7) is 4.05. The maximum atomic E-state index is 6.13. The van der Waals surface area contributed by atoms with E-state index in [0.29, 0.717) is 19.1 Å². The van der Waals surface area contributed by atoms with Gasteiger partial charge < -0.3 is 20.4 Å². The van der Waals surface area contributed by atoms with Crippen molar-refractivity contribution in [1.29, 1.82) is 0 Å². The molecule has 2 aromatic carbocycles. The van der Waals surface area contributed by atoms with E-state index < -0.39 is 0 Å². The second-order valence-electron chi connectivity index (χ2n) is 6.44. The third-order valence-electron chi connectivity index (χ3n) is 4.73. The Hall–Kier alpha value is -3.02. The number of ether oxygens (including phenoxy) is 1. The number of nitrogens with one attached hydrogen (secondary N) is 1. The number of rotatable bonds is 4. The van der Waals surface area contributed by atoms with Crippen molar-refractivity contribution < 1.29 is 4.74 Å². The minimum atomic E-state index is 0.138. The van der Waals surface area contributed by atoms with E-state index in [1.807, 2.05) is 43.3 Å². The summed E-state index contributed by atoms with van der Waals surface area (Å²) in [6, 6.07) is 16.3. The topological polar surface area (TPSA) is 77.5 Å². The van der Waals surface area contributed by atoms with Crippen molar-refractivity contribution >= 4 is 17.0 Å². The molecule has 1 aliphatic heterocycles. The maximum absolute atomic E-state index is 6.13. The van der Waals surface area contributed by atoms with Gasteiger partial charge in [-0.15, -0.1) is 0 Å². The SMILES string of the molecule is Cc1nc2ccccc2n1CCN=C(N)NC1CCOc2ccccc21. The average Bonchev–Trinajstić information content (AvgIpc) is 2.98. The molecule has 1 aliphatic rings. The minimum Gasteiger partial charge on any atom is -0.493 e. The molecule has 2 heterocycles. The zero-order chi connectivity index (χ0) is 17.9. The third-order valence-corrected chi connectivity index (χ3v) is 4.73. The zero-order valence-electron chi connectivity index (χ0n) is 14.9. The lowest BCUT2D eigenvalue weighted by Gasteiger charge is -2.26. The number of aliphatic imine (C=N–C) groups is 1. The number of hydrogen-bond acceptors (Lipinski definition) is 3. The molecule has 0 spiro atoms. The van der Waals surface area contributed by atoms with Gasteiger partial charge in [0.05, 0.1) is 30.2 Å². The normalized spacial score (nSPS) is 17.0. The van der Waals surface area contributed by atoms with E-state index in [4.69, 9.17) is 10.5 Å². The number of fused-ring (bicyclic) bond motifs is 2. The monoisotopic (exact) mass is 349 g/mol. The second kappa shape index (κ2) is 7.07. The van der Waals surface area contributed by atoms with Gasteiger partial charge in [-0.25, -0.2) is 4.98 Å². The molecule has 0 saturated carbocycles. The number of aromatic nitrogens is 2. The molecule has 6 heteroatoms. The van der Waals surface area contributed by atoms with E-state index in [9.17, 15) is 0 Å². The Morgan fingerprint density at radius 2 is 2.08 bits per heavy atom. The van der Waals surface area contributed by atoms with Crippen LogP contribution in [0.5, 0.6) is 5.75 Å². The molecule has 26 heavy (non-hydrogen) atoms. The molecule has 0 bridgehead atoms. The molecule has 0 amide bonds. The molecule has 0 saturated heterocycles. The van der Waals surface area contributed by atoms with Crippen molar-refractivity contribution in [1.82, 2.24) is 14.9 Å². The molecule has 3 aromatic rings. The summed E-state index contributed by atoms with van der Waals surface area (Å²) in [6.07, 6.45) is 0.874. The van der Waals surface area contributed by atoms with Crippen molar-refractivity contribution in [2.75, 3.05) is 13.2 Å². The Balaban J connectivity index is 1.42. The Bertz CT molecular complexity index is 946. The first kappa shape index (κ1) is 16.4. The highest BCUT2D eigenvalue weighted by Gasteiger charge is 2.21. The first-order valence-corrected chi connectivity index (χ1v) is 8.92. The lowest BCUT2D eigenvalue weighted by Crippen LogP contribution is -2.37. The van der Waals surface area contributed by atoms with Crippen LogP contribution in [0, 0.1) is 6.92 Å². The third kappa shape index (κ3) is 3.22. The number of benzene rings is 2. The van der Waals surface area contributed by atoms with Crippen LogP contribution in [0.3, 0.4) is 0 Å². The van der Waals surface area contributed by atoms with Crippen molar-refractivity contribution in [2.24, 2.45) is 10.7 Å². The summed E-state index contributed by atoms with van der Waals surface area (Å²) < 4.78 is 7.86. The smallest absolute Gasteiger partial charge is 0.189 e. The summed E-state index contributed by atoms with van der Waals surface area (Å²) in [7, 11) is 0. The van der Waals surface area contributed by atoms with Crippen molar-refractivity contribution in [2.45, 2.75) is 25.9 Å². The molecule has 6 nitrogen and oxygen atoms in total. The molecule has 3 N–H and O–H groups in total. The van der Waals surface area contributed by atoms with E-state index in [-0.39, 0.29) is 6.04 Å². The first-order chi connectivity index (χ1) is 12.7. The standard InChI is InChI=1S/C20H23N5O/c1-14-23-17-7-3-4-8-18(17)25(14)12-11-22-20(21)24-16-10-13-26-19-9-5-2-6-15(16)19/h2-9,16H,10-13H2,1H3,(H3,21,22,24). The van der Waals surface area contributed by atoms with Crippen LogP contribution in [0.25, 0.3) is 11.0 Å². The highest BCUT2D eigenvalue weighted by molar-refractivity contribution is 5.78. The molecular formula is C20H23N5O. The van der Waals surface area contributed by atoms with Crippen LogP contribution in [0.15, 0.2) is 53.5 Å². The number of nitrogens with two attached hydrogens (primary N) is 1. The fourth-order valence-corrected chi connectivity index (χ4v) is 3.46. The van der Waals surface area contributed by atoms with Crippen molar-refractivity contribution in [3.63, 3.8) is 0 Å². The molecule has 1 aromatic heterocycles. The number of imidazole rings is 1. The Labute approximate surface area is 152 Å². The van der Waals surface area contributed by atoms with Crippen LogP contribution in [0.1, 0.15) is 23.9 Å². The van der Waals surface area contributed by atoms with Crippen LogP contribution in [-0.4, -0.2) is 28.7 Å². The Morgan fingerprint density at radius 3 is 3.00 bits per heavy atom. The van der Waals surface area contributed by atoms with Gasteiger partial charge in [-0.3, -0.25) is 4.99 Å². The van der Waals surface area contributed by atoms with Crippen LogP contribution < -0.4 is 15.8 Å². The molecule has 134 valence electrons. The summed E-state index contributed by atoms with van der Waals surface area (Å²) >= 11 is 0. The number of nitrogens with zero attached hydrogens (tertiary/aromatic N) is 3. The molecule has 0 fully saturated rings. The molecule has 4 rings (SSSR count). The maximum Gasteiger partial charge on any atom is 0.189 e. The molecule has 1 unspecified atom stereocenters. The summed E-state index contributed by atoms with van der Waals surface area (Å²) in [5.74, 6) is 2.38. The second-order valence-corrected chi connectivity index (χ2v) is 6.44. The van der Waals surface area contributed by atoms with Gasteiger partial charge in [0, 0.05) is 18.5 Å². The summed E-state index contributed by atoms with van der Waals surface area (Å²) in [4.78, 5) is 9.09. The largest absolute Gasteiger partial charge is 0.493 e. The Kier molecular flexibility index (Phi) is 4.48. The number of guanidine groups is 1. The quantitative estimate of drug-likeness (QED) is 0.561.